The topological polar surface area (TPSA) is 68.3 Å². The Bertz CT molecular complexity index is 1240. The number of amides is 2. The number of benzene rings is 3. The van der Waals surface area contributed by atoms with E-state index in [4.69, 9.17) is 14.2 Å². The number of hydrogen-bond donors (Lipinski definition) is 0. The van der Waals surface area contributed by atoms with Gasteiger partial charge in [-0.15, -0.1) is 0 Å². The maximum atomic E-state index is 13.5. The molecule has 0 N–H and O–H groups in total. The molecule has 0 aliphatic carbocycles. The van der Waals surface area contributed by atoms with Gasteiger partial charge in [0.25, 0.3) is 5.91 Å². The lowest BCUT2D eigenvalue weighted by molar-refractivity contribution is -0.151. The zero-order valence-corrected chi connectivity index (χ0v) is 21.5. The molecule has 2 amide bonds. The van der Waals surface area contributed by atoms with E-state index in [9.17, 15) is 9.59 Å². The zero-order valence-electron chi connectivity index (χ0n) is 21.5. The molecule has 0 unspecified atom stereocenters. The average molecular weight is 501 g/mol. The van der Waals surface area contributed by atoms with Crippen molar-refractivity contribution in [3.05, 3.63) is 84.4 Å². The van der Waals surface area contributed by atoms with Crippen LogP contribution in [0.25, 0.3) is 0 Å². The van der Waals surface area contributed by atoms with Crippen LogP contribution in [0.5, 0.6) is 11.5 Å². The standard InChI is InChI=1S/C30H32N2O5/c1-19(2)25-26(31(29(25)33)21-10-14-23(35-3)15-11-21)27-28(37-18-20-8-6-5-7-9-20)30(34)32(27)22-12-16-24(36-4)17-13-22/h5-17,19,25-28H,18H2,1-4H3/t25-,26-,27+,28-/m1/s1. The summed E-state index contributed by atoms with van der Waals surface area (Å²) in [4.78, 5) is 30.6. The highest BCUT2D eigenvalue weighted by Crippen LogP contribution is 2.46. The lowest BCUT2D eigenvalue weighted by Crippen LogP contribution is -2.80. The molecule has 37 heavy (non-hydrogen) atoms. The number of carbonyl (C=O) groups is 2. The number of β-lactam (4-membered cyclic amide) rings is 2. The predicted molar refractivity (Wildman–Crippen MR) is 142 cm³/mol. The quantitative estimate of drug-likeness (QED) is 0.399. The minimum atomic E-state index is -0.664. The second-order valence-corrected chi connectivity index (χ2v) is 9.78. The molecule has 0 aromatic heterocycles. The minimum Gasteiger partial charge on any atom is -0.497 e. The van der Waals surface area contributed by atoms with Crippen molar-refractivity contribution in [2.24, 2.45) is 11.8 Å². The Morgan fingerprint density at radius 2 is 1.22 bits per heavy atom. The number of hydrogen-bond acceptors (Lipinski definition) is 5. The fourth-order valence-corrected chi connectivity index (χ4v) is 5.41. The van der Waals surface area contributed by atoms with E-state index in [0.29, 0.717) is 12.4 Å². The number of carbonyl (C=O) groups excluding carboxylic acids is 2. The van der Waals surface area contributed by atoms with Crippen molar-refractivity contribution in [1.29, 1.82) is 0 Å². The molecule has 2 aliphatic rings. The van der Waals surface area contributed by atoms with Crippen molar-refractivity contribution >= 4 is 23.2 Å². The summed E-state index contributed by atoms with van der Waals surface area (Å²) in [6, 6.07) is 24.1. The van der Waals surface area contributed by atoms with Gasteiger partial charge < -0.3 is 24.0 Å². The summed E-state index contributed by atoms with van der Waals surface area (Å²) >= 11 is 0. The largest absolute Gasteiger partial charge is 0.497 e. The number of nitrogens with zero attached hydrogens (tertiary/aromatic N) is 2. The van der Waals surface area contributed by atoms with E-state index >= 15 is 0 Å². The van der Waals surface area contributed by atoms with Crippen molar-refractivity contribution in [3.8, 4) is 11.5 Å². The molecule has 3 aromatic carbocycles. The van der Waals surface area contributed by atoms with E-state index in [2.05, 4.69) is 13.8 Å². The smallest absolute Gasteiger partial charge is 0.258 e. The molecule has 4 atom stereocenters. The highest BCUT2D eigenvalue weighted by Gasteiger charge is 2.63. The van der Waals surface area contributed by atoms with Gasteiger partial charge in [-0.1, -0.05) is 44.2 Å². The summed E-state index contributed by atoms with van der Waals surface area (Å²) in [5, 5.41) is 0. The summed E-state index contributed by atoms with van der Waals surface area (Å²) in [5.74, 6) is 1.25. The second kappa shape index (κ2) is 10.3. The molecular formula is C30H32N2O5. The molecule has 5 rings (SSSR count). The Hall–Kier alpha value is -3.84. The van der Waals surface area contributed by atoms with Gasteiger partial charge in [0, 0.05) is 11.4 Å². The number of ether oxygens (including phenoxy) is 3. The van der Waals surface area contributed by atoms with Crippen molar-refractivity contribution in [1.82, 2.24) is 0 Å². The Morgan fingerprint density at radius 3 is 1.70 bits per heavy atom. The molecule has 0 saturated carbocycles. The van der Waals surface area contributed by atoms with Crippen LogP contribution < -0.4 is 19.3 Å². The van der Waals surface area contributed by atoms with E-state index in [1.54, 1.807) is 19.1 Å². The molecule has 0 spiro atoms. The first kappa shape index (κ1) is 24.8. The Morgan fingerprint density at radius 1 is 0.703 bits per heavy atom. The normalized spacial score (nSPS) is 23.1. The number of methoxy groups -OCH3 is 2. The molecule has 2 aliphatic heterocycles. The molecule has 3 aromatic rings. The van der Waals surface area contributed by atoms with E-state index < -0.39 is 6.10 Å². The molecular weight excluding hydrogens is 468 g/mol. The summed E-state index contributed by atoms with van der Waals surface area (Å²) in [5.41, 5.74) is 2.53. The van der Waals surface area contributed by atoms with E-state index in [-0.39, 0.29) is 35.7 Å². The highest BCUT2D eigenvalue weighted by molar-refractivity contribution is 6.09. The zero-order chi connectivity index (χ0) is 26.1. The van der Waals surface area contributed by atoms with Crippen molar-refractivity contribution in [3.63, 3.8) is 0 Å². The van der Waals surface area contributed by atoms with Gasteiger partial charge in [0.15, 0.2) is 6.10 Å². The molecule has 0 bridgehead atoms. The van der Waals surface area contributed by atoms with Gasteiger partial charge in [-0.05, 0) is 60.0 Å². The van der Waals surface area contributed by atoms with Crippen LogP contribution in [0.1, 0.15) is 19.4 Å². The minimum absolute atomic E-state index is 0.0565. The fraction of sp³-hybridized carbons (Fsp3) is 0.333. The monoisotopic (exact) mass is 500 g/mol. The maximum Gasteiger partial charge on any atom is 0.258 e. The Kier molecular flexibility index (Phi) is 6.89. The highest BCUT2D eigenvalue weighted by atomic mass is 16.5. The first-order chi connectivity index (χ1) is 17.9. The lowest BCUT2D eigenvalue weighted by Gasteiger charge is -2.59. The van der Waals surface area contributed by atoms with Crippen LogP contribution in [-0.4, -0.2) is 44.2 Å². The molecule has 7 nitrogen and oxygen atoms in total. The molecule has 2 fully saturated rings. The number of anilines is 2. The second-order valence-electron chi connectivity index (χ2n) is 9.78. The maximum absolute atomic E-state index is 13.5. The van der Waals surface area contributed by atoms with E-state index in [1.165, 1.54) is 0 Å². The summed E-state index contributed by atoms with van der Waals surface area (Å²) < 4.78 is 16.9. The van der Waals surface area contributed by atoms with Gasteiger partial charge in [-0.3, -0.25) is 9.59 Å². The molecule has 2 saturated heterocycles. The van der Waals surface area contributed by atoms with Crippen LogP contribution in [0, 0.1) is 11.8 Å². The summed E-state index contributed by atoms with van der Waals surface area (Å²) in [6.07, 6.45) is -0.664. The lowest BCUT2D eigenvalue weighted by atomic mass is 9.70. The van der Waals surface area contributed by atoms with Crippen molar-refractivity contribution in [2.45, 2.75) is 38.6 Å². The average Bonchev–Trinajstić information content (AvgIpc) is 2.91. The number of rotatable bonds is 9. The van der Waals surface area contributed by atoms with Crippen LogP contribution in [0.2, 0.25) is 0 Å². The first-order valence-corrected chi connectivity index (χ1v) is 12.5. The van der Waals surface area contributed by atoms with Crippen LogP contribution in [-0.2, 0) is 20.9 Å². The summed E-state index contributed by atoms with van der Waals surface area (Å²) in [6.45, 7) is 4.43. The molecule has 0 radical (unpaired) electrons. The van der Waals surface area contributed by atoms with Gasteiger partial charge in [0.05, 0.1) is 38.8 Å². The van der Waals surface area contributed by atoms with Crippen LogP contribution >= 0.6 is 0 Å². The third kappa shape index (κ3) is 4.44. The third-order valence-corrected chi connectivity index (χ3v) is 7.32. The van der Waals surface area contributed by atoms with E-state index in [1.807, 2.05) is 83.8 Å². The Balaban J connectivity index is 1.50. The van der Waals surface area contributed by atoms with Gasteiger partial charge in [-0.25, -0.2) is 0 Å². The van der Waals surface area contributed by atoms with Gasteiger partial charge >= 0.3 is 0 Å². The van der Waals surface area contributed by atoms with Crippen LogP contribution in [0.15, 0.2) is 78.9 Å². The molecule has 192 valence electrons. The van der Waals surface area contributed by atoms with Gasteiger partial charge in [0.2, 0.25) is 5.91 Å². The predicted octanol–water partition coefficient (Wildman–Crippen LogP) is 4.69. The van der Waals surface area contributed by atoms with Crippen LogP contribution in [0.4, 0.5) is 11.4 Å². The van der Waals surface area contributed by atoms with Crippen molar-refractivity contribution in [2.75, 3.05) is 24.0 Å². The Labute approximate surface area is 217 Å². The SMILES string of the molecule is COc1ccc(N2C(=O)[C@H](C(C)C)[C@@H]2[C@H]2[C@@H](OCc3ccccc3)C(=O)N2c2ccc(OC)cc2)cc1. The molecule has 2 heterocycles. The van der Waals surface area contributed by atoms with Crippen LogP contribution in [0.3, 0.4) is 0 Å². The van der Waals surface area contributed by atoms with Gasteiger partial charge in [0.1, 0.15) is 11.5 Å². The third-order valence-electron chi connectivity index (χ3n) is 7.32. The van der Waals surface area contributed by atoms with Gasteiger partial charge in [-0.2, -0.15) is 0 Å². The fourth-order valence-electron chi connectivity index (χ4n) is 5.41. The molecule has 7 heteroatoms. The van der Waals surface area contributed by atoms with Crippen molar-refractivity contribution < 1.29 is 23.8 Å². The first-order valence-electron chi connectivity index (χ1n) is 12.5. The van der Waals surface area contributed by atoms with E-state index in [0.717, 1.165) is 22.7 Å². The summed E-state index contributed by atoms with van der Waals surface area (Å²) in [7, 11) is 3.22.